The average molecular weight is 368 g/mol. The monoisotopic (exact) mass is 368 g/mol. The zero-order valence-corrected chi connectivity index (χ0v) is 14.2. The molecule has 2 heterocycles. The number of carbonyl (C=O) groups excluding carboxylic acids is 1. The van der Waals surface area contributed by atoms with Crippen molar-refractivity contribution in [2.24, 2.45) is 0 Å². The summed E-state index contributed by atoms with van der Waals surface area (Å²) in [6.45, 7) is 0.716. The highest BCUT2D eigenvalue weighted by molar-refractivity contribution is 6.00. The van der Waals surface area contributed by atoms with Gasteiger partial charge in [0.1, 0.15) is 6.17 Å². The first-order valence-electron chi connectivity index (χ1n) is 8.55. The first-order valence-corrected chi connectivity index (χ1v) is 8.55. The summed E-state index contributed by atoms with van der Waals surface area (Å²) in [6, 6.07) is 11.8. The molecule has 0 spiro atoms. The molecule has 0 N–H and O–H groups in total. The highest BCUT2D eigenvalue weighted by atomic mass is 16.6. The lowest BCUT2D eigenvalue weighted by Gasteiger charge is -2.29. The predicted octanol–water partition coefficient (Wildman–Crippen LogP) is 3.01. The van der Waals surface area contributed by atoms with Gasteiger partial charge < -0.3 is 0 Å². The molecule has 0 bridgehead atoms. The summed E-state index contributed by atoms with van der Waals surface area (Å²) >= 11 is 0. The number of non-ortho nitro benzene ring substituents is 2. The SMILES string of the molecule is O=C1[C@@H]2CCCN2[C@@H](c2cccc([N+](=O)[O-])c2)N1c1ccc([N+](=O)[O-])cc1. The molecule has 138 valence electrons. The summed E-state index contributed by atoms with van der Waals surface area (Å²) < 4.78 is 0. The summed E-state index contributed by atoms with van der Waals surface area (Å²) in [7, 11) is 0. The molecule has 9 nitrogen and oxygen atoms in total. The summed E-state index contributed by atoms with van der Waals surface area (Å²) in [5.41, 5.74) is 1.10. The largest absolute Gasteiger partial charge is 0.291 e. The number of benzene rings is 2. The average Bonchev–Trinajstić information content (AvgIpc) is 3.24. The predicted molar refractivity (Wildman–Crippen MR) is 96.1 cm³/mol. The Morgan fingerprint density at radius 3 is 2.33 bits per heavy atom. The van der Waals surface area contributed by atoms with Crippen LogP contribution in [0.3, 0.4) is 0 Å². The number of nitro benzene ring substituents is 2. The summed E-state index contributed by atoms with van der Waals surface area (Å²) in [6.07, 6.45) is 1.15. The van der Waals surface area contributed by atoms with Gasteiger partial charge >= 0.3 is 0 Å². The molecular formula is C18H16N4O5. The minimum absolute atomic E-state index is 0.0359. The van der Waals surface area contributed by atoms with Crippen molar-refractivity contribution in [2.75, 3.05) is 11.4 Å². The van der Waals surface area contributed by atoms with Gasteiger partial charge in [-0.25, -0.2) is 0 Å². The minimum atomic E-state index is -0.494. The van der Waals surface area contributed by atoms with Crippen molar-refractivity contribution in [2.45, 2.75) is 25.0 Å². The maximum atomic E-state index is 13.0. The van der Waals surface area contributed by atoms with E-state index in [9.17, 15) is 25.0 Å². The summed E-state index contributed by atoms with van der Waals surface area (Å²) in [5.74, 6) is -0.0853. The normalized spacial score (nSPS) is 22.1. The van der Waals surface area contributed by atoms with Crippen LogP contribution in [0.15, 0.2) is 48.5 Å². The molecule has 0 aromatic heterocycles. The standard InChI is InChI=1S/C18H16N4O5/c23-18-16-5-2-10-19(16)17(12-3-1-4-15(11-12)22(26)27)20(18)13-6-8-14(9-7-13)21(24)25/h1,3-4,6-9,11,16-17H,2,5,10H2/t16-,17+/m0/s1. The van der Waals surface area contributed by atoms with Gasteiger partial charge in [-0.15, -0.1) is 0 Å². The molecule has 0 radical (unpaired) electrons. The Hall–Kier alpha value is -3.33. The van der Waals surface area contributed by atoms with Gasteiger partial charge in [-0.3, -0.25) is 34.8 Å². The number of hydrogen-bond donors (Lipinski definition) is 0. The first kappa shape index (κ1) is 17.1. The van der Waals surface area contributed by atoms with Crippen LogP contribution in [0.4, 0.5) is 17.1 Å². The fraction of sp³-hybridized carbons (Fsp3) is 0.278. The molecule has 2 saturated heterocycles. The van der Waals surface area contributed by atoms with Crippen LogP contribution < -0.4 is 4.90 Å². The Balaban J connectivity index is 1.78. The molecule has 4 rings (SSSR count). The molecule has 0 saturated carbocycles. The fourth-order valence-corrected chi connectivity index (χ4v) is 3.92. The summed E-state index contributed by atoms with van der Waals surface area (Å²) in [4.78, 5) is 37.8. The van der Waals surface area contributed by atoms with Crippen LogP contribution in [0.25, 0.3) is 0 Å². The van der Waals surface area contributed by atoms with Crippen LogP contribution in [0.2, 0.25) is 0 Å². The third-order valence-corrected chi connectivity index (χ3v) is 5.09. The van der Waals surface area contributed by atoms with E-state index in [0.29, 0.717) is 17.8 Å². The van der Waals surface area contributed by atoms with Gasteiger partial charge in [-0.2, -0.15) is 0 Å². The smallest absolute Gasteiger partial charge is 0.269 e. The van der Waals surface area contributed by atoms with Crippen LogP contribution >= 0.6 is 0 Å². The number of anilines is 1. The molecule has 0 unspecified atom stereocenters. The molecule has 2 aromatic carbocycles. The second kappa shape index (κ2) is 6.44. The van der Waals surface area contributed by atoms with Crippen molar-refractivity contribution in [3.63, 3.8) is 0 Å². The van der Waals surface area contributed by atoms with E-state index in [1.807, 2.05) is 4.90 Å². The molecule has 9 heteroatoms. The van der Waals surface area contributed by atoms with Crippen molar-refractivity contribution in [1.82, 2.24) is 4.90 Å². The van der Waals surface area contributed by atoms with Crippen molar-refractivity contribution in [3.05, 3.63) is 74.3 Å². The molecule has 0 aliphatic carbocycles. The van der Waals surface area contributed by atoms with Crippen molar-refractivity contribution >= 4 is 23.0 Å². The van der Waals surface area contributed by atoms with Gasteiger partial charge in [0.25, 0.3) is 11.4 Å². The minimum Gasteiger partial charge on any atom is -0.291 e. The Bertz CT molecular complexity index is 930. The van der Waals surface area contributed by atoms with E-state index in [4.69, 9.17) is 0 Å². The highest BCUT2D eigenvalue weighted by Crippen LogP contribution is 2.43. The maximum absolute atomic E-state index is 13.0. The fourth-order valence-electron chi connectivity index (χ4n) is 3.92. The number of amides is 1. The summed E-state index contributed by atoms with van der Waals surface area (Å²) in [5, 5.41) is 22.1. The highest BCUT2D eigenvalue weighted by Gasteiger charge is 2.49. The van der Waals surface area contributed by atoms with Crippen LogP contribution in [0.1, 0.15) is 24.6 Å². The first-order chi connectivity index (χ1) is 13.0. The van der Waals surface area contributed by atoms with Gasteiger partial charge in [0.05, 0.1) is 15.9 Å². The van der Waals surface area contributed by atoms with E-state index in [0.717, 1.165) is 12.8 Å². The van der Waals surface area contributed by atoms with Crippen molar-refractivity contribution in [3.8, 4) is 0 Å². The molecule has 2 fully saturated rings. The third kappa shape index (κ3) is 2.81. The Kier molecular flexibility index (Phi) is 4.08. The second-order valence-corrected chi connectivity index (χ2v) is 6.60. The van der Waals surface area contributed by atoms with Crippen LogP contribution in [-0.4, -0.2) is 33.2 Å². The lowest BCUT2D eigenvalue weighted by Crippen LogP contribution is -2.32. The van der Waals surface area contributed by atoms with E-state index in [1.165, 1.54) is 24.3 Å². The maximum Gasteiger partial charge on any atom is 0.269 e. The Labute approximate surface area is 154 Å². The number of rotatable bonds is 4. The number of nitro groups is 2. The second-order valence-electron chi connectivity index (χ2n) is 6.60. The molecule has 27 heavy (non-hydrogen) atoms. The van der Waals surface area contributed by atoms with Gasteiger partial charge in [0, 0.05) is 36.5 Å². The molecule has 2 aliphatic rings. The zero-order valence-electron chi connectivity index (χ0n) is 14.2. The van der Waals surface area contributed by atoms with Crippen LogP contribution in [0.5, 0.6) is 0 Å². The third-order valence-electron chi connectivity index (χ3n) is 5.09. The number of nitrogens with zero attached hydrogens (tertiary/aromatic N) is 4. The Morgan fingerprint density at radius 1 is 0.963 bits per heavy atom. The van der Waals surface area contributed by atoms with E-state index in [2.05, 4.69) is 0 Å². The zero-order chi connectivity index (χ0) is 19.1. The molecule has 1 amide bonds. The van der Waals surface area contributed by atoms with Crippen molar-refractivity contribution in [1.29, 1.82) is 0 Å². The molecule has 2 aliphatic heterocycles. The van der Waals surface area contributed by atoms with Crippen molar-refractivity contribution < 1.29 is 14.6 Å². The topological polar surface area (TPSA) is 110 Å². The lowest BCUT2D eigenvalue weighted by molar-refractivity contribution is -0.385. The number of hydrogen-bond acceptors (Lipinski definition) is 6. The van der Waals surface area contributed by atoms with E-state index < -0.39 is 16.0 Å². The quantitative estimate of drug-likeness (QED) is 0.606. The van der Waals surface area contributed by atoms with Crippen LogP contribution in [-0.2, 0) is 4.79 Å². The molecular weight excluding hydrogens is 352 g/mol. The lowest BCUT2D eigenvalue weighted by atomic mass is 10.1. The van der Waals surface area contributed by atoms with Gasteiger partial charge in [-0.1, -0.05) is 12.1 Å². The number of fused-ring (bicyclic) bond motifs is 1. The van der Waals surface area contributed by atoms with E-state index in [1.54, 1.807) is 29.2 Å². The van der Waals surface area contributed by atoms with Gasteiger partial charge in [-0.05, 0) is 30.5 Å². The number of carbonyl (C=O) groups is 1. The Morgan fingerprint density at radius 2 is 1.67 bits per heavy atom. The molecule has 2 atom stereocenters. The van der Waals surface area contributed by atoms with Gasteiger partial charge in [0.2, 0.25) is 5.91 Å². The van der Waals surface area contributed by atoms with Gasteiger partial charge in [0.15, 0.2) is 0 Å². The molecule has 2 aromatic rings. The van der Waals surface area contributed by atoms with E-state index in [-0.39, 0.29) is 23.3 Å². The van der Waals surface area contributed by atoms with E-state index >= 15 is 0 Å². The van der Waals surface area contributed by atoms with Crippen LogP contribution in [0, 0.1) is 20.2 Å².